The van der Waals surface area contributed by atoms with Gasteiger partial charge in [-0.3, -0.25) is 0 Å². The molecule has 16 heavy (non-hydrogen) atoms. The molecule has 0 bridgehead atoms. The van der Waals surface area contributed by atoms with Crippen LogP contribution in [0.5, 0.6) is 0 Å². The van der Waals surface area contributed by atoms with Crippen LogP contribution in [0.15, 0.2) is 30.3 Å². The number of rotatable bonds is 2. The first-order chi connectivity index (χ1) is 7.90. The maximum absolute atomic E-state index is 5.82. The predicted octanol–water partition coefficient (Wildman–Crippen LogP) is 0.934. The van der Waals surface area contributed by atoms with E-state index in [1.165, 1.54) is 5.56 Å². The van der Waals surface area contributed by atoms with E-state index >= 15 is 0 Å². The zero-order chi connectivity index (χ0) is 11.0. The second-order valence-electron chi connectivity index (χ2n) is 3.93. The number of hydrogen-bond acceptors (Lipinski definition) is 3. The predicted molar refractivity (Wildman–Crippen MR) is 62.0 cm³/mol. The molecule has 0 unspecified atom stereocenters. The van der Waals surface area contributed by atoms with Crippen molar-refractivity contribution in [2.24, 2.45) is 5.73 Å². The van der Waals surface area contributed by atoms with Gasteiger partial charge in [0.15, 0.2) is 0 Å². The summed E-state index contributed by atoms with van der Waals surface area (Å²) in [6, 6.07) is 10.1. The lowest BCUT2D eigenvalue weighted by molar-refractivity contribution is 0.698. The topological polar surface area (TPSA) is 55.9 Å². The SMILES string of the molecule is NCc1c2c(nn1-c1ccccc1)CNC2. The number of fused-ring (bicyclic) bond motifs is 1. The summed E-state index contributed by atoms with van der Waals surface area (Å²) >= 11 is 0. The van der Waals surface area contributed by atoms with Gasteiger partial charge in [-0.25, -0.2) is 4.68 Å². The van der Waals surface area contributed by atoms with Crippen molar-refractivity contribution in [3.8, 4) is 5.69 Å². The van der Waals surface area contributed by atoms with Crippen molar-refractivity contribution in [1.29, 1.82) is 0 Å². The average molecular weight is 214 g/mol. The highest BCUT2D eigenvalue weighted by atomic mass is 15.3. The Morgan fingerprint density at radius 1 is 1.25 bits per heavy atom. The minimum atomic E-state index is 0.527. The number of para-hydroxylation sites is 1. The zero-order valence-corrected chi connectivity index (χ0v) is 8.98. The van der Waals surface area contributed by atoms with Gasteiger partial charge in [0.1, 0.15) is 0 Å². The molecule has 0 fully saturated rings. The van der Waals surface area contributed by atoms with Crippen molar-refractivity contribution < 1.29 is 0 Å². The first-order valence-electron chi connectivity index (χ1n) is 5.46. The average Bonchev–Trinajstić information content (AvgIpc) is 2.89. The summed E-state index contributed by atoms with van der Waals surface area (Å²) in [5.74, 6) is 0. The summed E-state index contributed by atoms with van der Waals surface area (Å²) in [6.07, 6.45) is 0. The lowest BCUT2D eigenvalue weighted by Crippen LogP contribution is -2.12. The van der Waals surface area contributed by atoms with Crippen LogP contribution >= 0.6 is 0 Å². The van der Waals surface area contributed by atoms with Crippen molar-refractivity contribution in [2.45, 2.75) is 19.6 Å². The molecule has 4 heteroatoms. The lowest BCUT2D eigenvalue weighted by atomic mass is 10.2. The molecule has 1 aliphatic rings. The maximum Gasteiger partial charge on any atom is 0.0815 e. The fourth-order valence-corrected chi connectivity index (χ4v) is 2.18. The van der Waals surface area contributed by atoms with Gasteiger partial charge in [0, 0.05) is 25.2 Å². The van der Waals surface area contributed by atoms with Crippen LogP contribution < -0.4 is 11.1 Å². The monoisotopic (exact) mass is 214 g/mol. The van der Waals surface area contributed by atoms with Gasteiger partial charge < -0.3 is 11.1 Å². The summed E-state index contributed by atoms with van der Waals surface area (Å²) in [7, 11) is 0. The Labute approximate surface area is 94.1 Å². The molecule has 1 aliphatic heterocycles. The molecule has 2 aromatic rings. The fraction of sp³-hybridized carbons (Fsp3) is 0.250. The highest BCUT2D eigenvalue weighted by Gasteiger charge is 2.21. The molecule has 82 valence electrons. The molecule has 0 saturated carbocycles. The van der Waals surface area contributed by atoms with Crippen LogP contribution in [0.2, 0.25) is 0 Å². The van der Waals surface area contributed by atoms with Gasteiger partial charge in [-0.1, -0.05) is 18.2 Å². The molecule has 3 rings (SSSR count). The van der Waals surface area contributed by atoms with Gasteiger partial charge in [-0.15, -0.1) is 0 Å². The molecule has 0 spiro atoms. The highest BCUT2D eigenvalue weighted by molar-refractivity contribution is 5.38. The third-order valence-electron chi connectivity index (χ3n) is 2.96. The largest absolute Gasteiger partial charge is 0.325 e. The van der Waals surface area contributed by atoms with Crippen LogP contribution in [0.25, 0.3) is 5.69 Å². The Balaban J connectivity index is 2.15. The molecule has 0 atom stereocenters. The number of nitrogens with one attached hydrogen (secondary N) is 1. The third-order valence-corrected chi connectivity index (χ3v) is 2.96. The van der Waals surface area contributed by atoms with Gasteiger partial charge in [-0.2, -0.15) is 5.10 Å². The number of benzene rings is 1. The molecular weight excluding hydrogens is 200 g/mol. The molecule has 2 heterocycles. The van der Waals surface area contributed by atoms with Crippen molar-refractivity contribution in [1.82, 2.24) is 15.1 Å². The van der Waals surface area contributed by atoms with E-state index in [2.05, 4.69) is 22.5 Å². The van der Waals surface area contributed by atoms with Gasteiger partial charge in [0.2, 0.25) is 0 Å². The Hall–Kier alpha value is -1.65. The van der Waals surface area contributed by atoms with Crippen LogP contribution in [0.1, 0.15) is 17.0 Å². The second-order valence-corrected chi connectivity index (χ2v) is 3.93. The van der Waals surface area contributed by atoms with E-state index in [9.17, 15) is 0 Å². The van der Waals surface area contributed by atoms with Gasteiger partial charge in [0.25, 0.3) is 0 Å². The minimum Gasteiger partial charge on any atom is -0.325 e. The van der Waals surface area contributed by atoms with Crippen LogP contribution in [-0.4, -0.2) is 9.78 Å². The quantitative estimate of drug-likeness (QED) is 0.782. The molecule has 1 aromatic carbocycles. The first-order valence-corrected chi connectivity index (χ1v) is 5.46. The molecular formula is C12H14N4. The lowest BCUT2D eigenvalue weighted by Gasteiger charge is -2.07. The van der Waals surface area contributed by atoms with Crippen LogP contribution in [0, 0.1) is 0 Å². The summed E-state index contributed by atoms with van der Waals surface area (Å²) in [4.78, 5) is 0. The van der Waals surface area contributed by atoms with Crippen molar-refractivity contribution in [3.05, 3.63) is 47.3 Å². The standard InChI is InChI=1S/C12H14N4/c13-6-12-10-7-14-8-11(10)15-16(12)9-4-2-1-3-5-9/h1-5,14H,6-8,13H2. The van der Waals surface area contributed by atoms with Crippen LogP contribution in [0.4, 0.5) is 0 Å². The second kappa shape index (κ2) is 3.73. The summed E-state index contributed by atoms with van der Waals surface area (Å²) in [5, 5.41) is 7.90. The van der Waals surface area contributed by atoms with E-state index in [1.807, 2.05) is 22.9 Å². The number of hydrogen-bond donors (Lipinski definition) is 2. The molecule has 0 amide bonds. The van der Waals surface area contributed by atoms with Crippen LogP contribution in [0.3, 0.4) is 0 Å². The summed E-state index contributed by atoms with van der Waals surface area (Å²) in [6.45, 7) is 2.26. The highest BCUT2D eigenvalue weighted by Crippen LogP contribution is 2.22. The Morgan fingerprint density at radius 3 is 2.81 bits per heavy atom. The first kappa shape index (κ1) is 9.57. The third kappa shape index (κ3) is 1.35. The molecule has 3 N–H and O–H groups in total. The van der Waals surface area contributed by atoms with E-state index in [0.29, 0.717) is 6.54 Å². The number of nitrogens with two attached hydrogens (primary N) is 1. The van der Waals surface area contributed by atoms with E-state index in [4.69, 9.17) is 5.73 Å². The van der Waals surface area contributed by atoms with E-state index < -0.39 is 0 Å². The molecule has 0 saturated heterocycles. The number of nitrogens with zero attached hydrogens (tertiary/aromatic N) is 2. The van der Waals surface area contributed by atoms with Crippen molar-refractivity contribution >= 4 is 0 Å². The Morgan fingerprint density at radius 2 is 2.06 bits per heavy atom. The molecule has 4 nitrogen and oxygen atoms in total. The molecule has 1 aromatic heterocycles. The summed E-state index contributed by atoms with van der Waals surface area (Å²) < 4.78 is 1.96. The van der Waals surface area contributed by atoms with E-state index in [0.717, 1.165) is 30.2 Å². The van der Waals surface area contributed by atoms with Gasteiger partial charge >= 0.3 is 0 Å². The van der Waals surface area contributed by atoms with Crippen molar-refractivity contribution in [3.63, 3.8) is 0 Å². The normalized spacial score (nSPS) is 14.1. The number of aromatic nitrogens is 2. The fourth-order valence-electron chi connectivity index (χ4n) is 2.18. The Bertz CT molecular complexity index is 501. The van der Waals surface area contributed by atoms with Crippen LogP contribution in [-0.2, 0) is 19.6 Å². The smallest absolute Gasteiger partial charge is 0.0815 e. The summed E-state index contributed by atoms with van der Waals surface area (Å²) in [5.41, 5.74) is 10.4. The van der Waals surface area contributed by atoms with E-state index in [-0.39, 0.29) is 0 Å². The van der Waals surface area contributed by atoms with Crippen molar-refractivity contribution in [2.75, 3.05) is 0 Å². The molecule has 0 aliphatic carbocycles. The van der Waals surface area contributed by atoms with Gasteiger partial charge in [-0.05, 0) is 12.1 Å². The Kier molecular flexibility index (Phi) is 2.23. The maximum atomic E-state index is 5.82. The van der Waals surface area contributed by atoms with E-state index in [1.54, 1.807) is 0 Å². The minimum absolute atomic E-state index is 0.527. The van der Waals surface area contributed by atoms with Gasteiger partial charge in [0.05, 0.1) is 17.1 Å². The molecule has 0 radical (unpaired) electrons. The zero-order valence-electron chi connectivity index (χ0n) is 8.98.